The van der Waals surface area contributed by atoms with E-state index in [1.165, 1.54) is 5.39 Å². The third-order valence-corrected chi connectivity index (χ3v) is 7.71. The standard InChI is InChI=1S/C33H26N4OS/c1-22(24-14-13-23-8-2-3-9-25(23)20-24)35-33(38)29-11-4-5-12-32(29)39-27-16-17-28-30(36-37-31(28)21-27)18-15-26-10-6-7-19-34-26/h2-22H,1H3,(H,35,38)(H,36,37)/b18-15+/t22-/m0/s1. The number of rotatable bonds is 7. The average molecular weight is 527 g/mol. The fraction of sp³-hybridized carbons (Fsp3) is 0.0606. The Kier molecular flexibility index (Phi) is 6.93. The van der Waals surface area contributed by atoms with E-state index in [1.807, 2.05) is 73.7 Å². The first kappa shape index (κ1) is 24.6. The Bertz CT molecular complexity index is 1810. The van der Waals surface area contributed by atoms with Crippen LogP contribution in [0.2, 0.25) is 0 Å². The molecule has 0 radical (unpaired) electrons. The Morgan fingerprint density at radius 2 is 1.69 bits per heavy atom. The highest BCUT2D eigenvalue weighted by molar-refractivity contribution is 7.99. The van der Waals surface area contributed by atoms with Gasteiger partial charge in [-0.05, 0) is 83.9 Å². The van der Waals surface area contributed by atoms with E-state index >= 15 is 0 Å². The lowest BCUT2D eigenvalue weighted by Crippen LogP contribution is -2.27. The van der Waals surface area contributed by atoms with Crippen LogP contribution in [0.15, 0.2) is 119 Å². The van der Waals surface area contributed by atoms with E-state index in [0.29, 0.717) is 5.56 Å². The number of aromatic amines is 1. The Morgan fingerprint density at radius 3 is 2.56 bits per heavy atom. The molecule has 0 saturated carbocycles. The molecule has 6 aromatic rings. The number of hydrogen-bond donors (Lipinski definition) is 2. The summed E-state index contributed by atoms with van der Waals surface area (Å²) in [6, 6.07) is 34.2. The van der Waals surface area contributed by atoms with Gasteiger partial charge < -0.3 is 5.32 Å². The lowest BCUT2D eigenvalue weighted by molar-refractivity contribution is 0.0937. The van der Waals surface area contributed by atoms with E-state index in [1.54, 1.807) is 18.0 Å². The van der Waals surface area contributed by atoms with Crippen LogP contribution in [-0.2, 0) is 0 Å². The van der Waals surface area contributed by atoms with Gasteiger partial charge in [0.15, 0.2) is 0 Å². The summed E-state index contributed by atoms with van der Waals surface area (Å²) in [5.41, 5.74) is 4.40. The minimum absolute atomic E-state index is 0.0941. The summed E-state index contributed by atoms with van der Waals surface area (Å²) in [7, 11) is 0. The summed E-state index contributed by atoms with van der Waals surface area (Å²) in [4.78, 5) is 19.6. The molecule has 0 unspecified atom stereocenters. The molecule has 2 heterocycles. The predicted octanol–water partition coefficient (Wildman–Crippen LogP) is 7.92. The van der Waals surface area contributed by atoms with E-state index in [2.05, 4.69) is 69.0 Å². The number of fused-ring (bicyclic) bond motifs is 2. The molecule has 6 heteroatoms. The fourth-order valence-corrected chi connectivity index (χ4v) is 5.54. The summed E-state index contributed by atoms with van der Waals surface area (Å²) in [6.45, 7) is 2.02. The summed E-state index contributed by atoms with van der Waals surface area (Å²) >= 11 is 1.57. The molecule has 0 aliphatic heterocycles. The Balaban J connectivity index is 1.19. The highest BCUT2D eigenvalue weighted by atomic mass is 32.2. The first-order chi connectivity index (χ1) is 19.1. The van der Waals surface area contributed by atoms with Crippen LogP contribution in [0.25, 0.3) is 33.8 Å². The molecule has 4 aromatic carbocycles. The predicted molar refractivity (Wildman–Crippen MR) is 160 cm³/mol. The number of pyridine rings is 1. The minimum Gasteiger partial charge on any atom is -0.345 e. The first-order valence-electron chi connectivity index (χ1n) is 12.8. The molecule has 0 spiro atoms. The second kappa shape index (κ2) is 11.0. The number of amides is 1. The van der Waals surface area contributed by atoms with Crippen molar-refractivity contribution in [3.05, 3.63) is 132 Å². The molecule has 6 rings (SSSR count). The van der Waals surface area contributed by atoms with Gasteiger partial charge in [0, 0.05) is 21.4 Å². The summed E-state index contributed by atoms with van der Waals surface area (Å²) in [5, 5.41) is 14.2. The van der Waals surface area contributed by atoms with Crippen molar-refractivity contribution in [1.29, 1.82) is 0 Å². The molecule has 1 atom stereocenters. The van der Waals surface area contributed by atoms with Gasteiger partial charge in [0.25, 0.3) is 5.91 Å². The molecule has 1 amide bonds. The zero-order valence-electron chi connectivity index (χ0n) is 21.3. The van der Waals surface area contributed by atoms with Crippen molar-refractivity contribution in [2.24, 2.45) is 0 Å². The number of benzene rings is 4. The van der Waals surface area contributed by atoms with Gasteiger partial charge in [-0.15, -0.1) is 0 Å². The van der Waals surface area contributed by atoms with Crippen molar-refractivity contribution in [2.45, 2.75) is 22.8 Å². The van der Waals surface area contributed by atoms with Crippen molar-refractivity contribution in [3.8, 4) is 0 Å². The lowest BCUT2D eigenvalue weighted by atomic mass is 10.0. The number of H-pyrrole nitrogens is 1. The smallest absolute Gasteiger partial charge is 0.252 e. The third-order valence-electron chi connectivity index (χ3n) is 6.64. The largest absolute Gasteiger partial charge is 0.345 e. The zero-order chi connectivity index (χ0) is 26.6. The molecule has 39 heavy (non-hydrogen) atoms. The van der Waals surface area contributed by atoms with Gasteiger partial charge in [0.1, 0.15) is 0 Å². The van der Waals surface area contributed by atoms with E-state index in [0.717, 1.165) is 43.0 Å². The first-order valence-corrected chi connectivity index (χ1v) is 13.6. The highest BCUT2D eigenvalue weighted by Crippen LogP contribution is 2.33. The fourth-order valence-electron chi connectivity index (χ4n) is 4.55. The van der Waals surface area contributed by atoms with Gasteiger partial charge in [0.2, 0.25) is 0 Å². The molecule has 0 aliphatic carbocycles. The normalized spacial score (nSPS) is 12.2. The topological polar surface area (TPSA) is 70.7 Å². The van der Waals surface area contributed by atoms with Gasteiger partial charge in [-0.1, -0.05) is 66.4 Å². The van der Waals surface area contributed by atoms with Gasteiger partial charge >= 0.3 is 0 Å². The van der Waals surface area contributed by atoms with Crippen molar-refractivity contribution in [1.82, 2.24) is 20.5 Å². The van der Waals surface area contributed by atoms with Gasteiger partial charge in [0.05, 0.1) is 28.5 Å². The van der Waals surface area contributed by atoms with E-state index in [-0.39, 0.29) is 11.9 Å². The van der Waals surface area contributed by atoms with Crippen molar-refractivity contribution < 1.29 is 4.79 Å². The summed E-state index contributed by atoms with van der Waals surface area (Å²) in [6.07, 6.45) is 5.68. The van der Waals surface area contributed by atoms with E-state index in [9.17, 15) is 4.79 Å². The average Bonchev–Trinajstić information content (AvgIpc) is 3.38. The second-order valence-electron chi connectivity index (χ2n) is 9.30. The van der Waals surface area contributed by atoms with Crippen LogP contribution >= 0.6 is 11.8 Å². The van der Waals surface area contributed by atoms with Crippen LogP contribution in [0.3, 0.4) is 0 Å². The zero-order valence-corrected chi connectivity index (χ0v) is 22.2. The molecular weight excluding hydrogens is 500 g/mol. The molecule has 0 fully saturated rings. The molecule has 190 valence electrons. The number of aromatic nitrogens is 3. The molecule has 2 N–H and O–H groups in total. The molecule has 0 bridgehead atoms. The number of carbonyl (C=O) groups is 1. The van der Waals surface area contributed by atoms with Crippen LogP contribution in [0, 0.1) is 0 Å². The summed E-state index contributed by atoms with van der Waals surface area (Å²) < 4.78 is 0. The maximum absolute atomic E-state index is 13.4. The van der Waals surface area contributed by atoms with E-state index < -0.39 is 0 Å². The summed E-state index contributed by atoms with van der Waals surface area (Å²) in [5.74, 6) is -0.0941. The van der Waals surface area contributed by atoms with Crippen LogP contribution in [0.5, 0.6) is 0 Å². The number of nitrogens with zero attached hydrogens (tertiary/aromatic N) is 2. The quantitative estimate of drug-likeness (QED) is 0.222. The van der Waals surface area contributed by atoms with Crippen molar-refractivity contribution >= 4 is 51.5 Å². The van der Waals surface area contributed by atoms with Crippen molar-refractivity contribution in [2.75, 3.05) is 0 Å². The van der Waals surface area contributed by atoms with Crippen molar-refractivity contribution in [3.63, 3.8) is 0 Å². The maximum Gasteiger partial charge on any atom is 0.252 e. The third kappa shape index (κ3) is 5.47. The van der Waals surface area contributed by atoms with Gasteiger partial charge in [-0.25, -0.2) is 0 Å². The Hall–Kier alpha value is -4.68. The second-order valence-corrected chi connectivity index (χ2v) is 10.4. The molecular formula is C33H26N4OS. The lowest BCUT2D eigenvalue weighted by Gasteiger charge is -2.16. The highest BCUT2D eigenvalue weighted by Gasteiger charge is 2.16. The number of nitrogens with one attached hydrogen (secondary N) is 2. The molecule has 0 aliphatic rings. The van der Waals surface area contributed by atoms with Crippen LogP contribution in [-0.4, -0.2) is 21.1 Å². The SMILES string of the molecule is C[C@H](NC(=O)c1ccccc1Sc1ccc2c(/C=C/c3ccccn3)n[nH]c2c1)c1ccc2ccccc2c1. The van der Waals surface area contributed by atoms with Crippen LogP contribution in [0.4, 0.5) is 0 Å². The van der Waals surface area contributed by atoms with Gasteiger partial charge in [-0.3, -0.25) is 14.9 Å². The van der Waals surface area contributed by atoms with Gasteiger partial charge in [-0.2, -0.15) is 5.10 Å². The minimum atomic E-state index is -0.126. The molecule has 5 nitrogen and oxygen atoms in total. The number of carbonyl (C=O) groups excluding carboxylic acids is 1. The monoisotopic (exact) mass is 526 g/mol. The molecule has 2 aromatic heterocycles. The Morgan fingerprint density at radius 1 is 0.872 bits per heavy atom. The van der Waals surface area contributed by atoms with Crippen LogP contribution in [0.1, 0.15) is 40.3 Å². The molecule has 0 saturated heterocycles. The van der Waals surface area contributed by atoms with E-state index in [4.69, 9.17) is 0 Å². The Labute approximate surface area is 231 Å². The van der Waals surface area contributed by atoms with Crippen LogP contribution < -0.4 is 5.32 Å². The number of hydrogen-bond acceptors (Lipinski definition) is 4. The maximum atomic E-state index is 13.4.